The summed E-state index contributed by atoms with van der Waals surface area (Å²) < 4.78 is 29.1. The quantitative estimate of drug-likeness (QED) is 0.921. The highest BCUT2D eigenvalue weighted by Crippen LogP contribution is 2.23. The molecule has 120 valence electrons. The number of hydrogen-bond donors (Lipinski definition) is 1. The first kappa shape index (κ1) is 16.7. The van der Waals surface area contributed by atoms with Crippen LogP contribution in [0.25, 0.3) is 0 Å². The third-order valence-corrected chi connectivity index (χ3v) is 5.00. The maximum atomic E-state index is 12.3. The van der Waals surface area contributed by atoms with E-state index in [0.717, 1.165) is 11.3 Å². The first-order valence-corrected chi connectivity index (χ1v) is 8.83. The smallest absolute Gasteiger partial charge is 0.240 e. The maximum Gasteiger partial charge on any atom is 0.240 e. The third-order valence-electron chi connectivity index (χ3n) is 3.58. The lowest BCUT2D eigenvalue weighted by atomic mass is 9.87. The van der Waals surface area contributed by atoms with Gasteiger partial charge in [-0.05, 0) is 36.1 Å². The van der Waals surface area contributed by atoms with Crippen LogP contribution in [0.2, 0.25) is 0 Å². The average molecular weight is 321 g/mol. The van der Waals surface area contributed by atoms with Gasteiger partial charge in [-0.2, -0.15) is 5.10 Å². The summed E-state index contributed by atoms with van der Waals surface area (Å²) in [5, 5.41) is 4.13. The summed E-state index contributed by atoms with van der Waals surface area (Å²) in [6, 6.07) is 8.85. The molecule has 1 N–H and O–H groups in total. The molecule has 0 fully saturated rings. The van der Waals surface area contributed by atoms with Gasteiger partial charge in [-0.25, -0.2) is 13.1 Å². The molecule has 0 bridgehead atoms. The summed E-state index contributed by atoms with van der Waals surface area (Å²) in [6.45, 7) is 9.21. The number of aryl methyl sites for hydroxylation is 1. The Bertz CT molecular complexity index is 725. The average Bonchev–Trinajstić information content (AvgIpc) is 2.92. The molecule has 0 saturated heterocycles. The lowest BCUT2D eigenvalue weighted by Gasteiger charge is -2.19. The van der Waals surface area contributed by atoms with E-state index >= 15 is 0 Å². The molecule has 0 spiro atoms. The molecule has 0 radical (unpaired) electrons. The summed E-state index contributed by atoms with van der Waals surface area (Å²) in [4.78, 5) is 0.281. The molecule has 2 aromatic rings. The molecule has 0 unspecified atom stereocenters. The summed E-state index contributed by atoms with van der Waals surface area (Å²) in [7, 11) is -3.51. The number of aromatic nitrogens is 2. The molecule has 0 aliphatic heterocycles. The SMILES string of the molecule is CCn1nccc1CNS(=O)(=O)c1ccc(C(C)(C)C)cc1. The van der Waals surface area contributed by atoms with Crippen LogP contribution in [0, 0.1) is 0 Å². The van der Waals surface area contributed by atoms with Crippen LogP contribution < -0.4 is 4.72 Å². The molecule has 0 aliphatic rings. The van der Waals surface area contributed by atoms with Crippen molar-refractivity contribution in [2.75, 3.05) is 0 Å². The van der Waals surface area contributed by atoms with Crippen molar-refractivity contribution >= 4 is 10.0 Å². The molecule has 22 heavy (non-hydrogen) atoms. The summed E-state index contributed by atoms with van der Waals surface area (Å²) in [5.74, 6) is 0. The van der Waals surface area contributed by atoms with E-state index in [0.29, 0.717) is 6.54 Å². The predicted molar refractivity (Wildman–Crippen MR) is 87.1 cm³/mol. The number of sulfonamides is 1. The zero-order valence-corrected chi connectivity index (χ0v) is 14.3. The van der Waals surface area contributed by atoms with E-state index in [1.54, 1.807) is 23.0 Å². The lowest BCUT2D eigenvalue weighted by Crippen LogP contribution is -2.25. The zero-order valence-electron chi connectivity index (χ0n) is 13.5. The van der Waals surface area contributed by atoms with Gasteiger partial charge in [0, 0.05) is 12.7 Å². The number of hydrogen-bond acceptors (Lipinski definition) is 3. The summed E-state index contributed by atoms with van der Waals surface area (Å²) in [6.07, 6.45) is 1.67. The Morgan fingerprint density at radius 1 is 1.14 bits per heavy atom. The van der Waals surface area contributed by atoms with Gasteiger partial charge in [-0.3, -0.25) is 4.68 Å². The highest BCUT2D eigenvalue weighted by atomic mass is 32.2. The van der Waals surface area contributed by atoms with Gasteiger partial charge in [0.15, 0.2) is 0 Å². The molecule has 1 aromatic heterocycles. The van der Waals surface area contributed by atoms with E-state index in [-0.39, 0.29) is 16.9 Å². The Kier molecular flexibility index (Phi) is 4.72. The molecule has 1 heterocycles. The van der Waals surface area contributed by atoms with Crippen LogP contribution in [0.3, 0.4) is 0 Å². The highest BCUT2D eigenvalue weighted by molar-refractivity contribution is 7.89. The van der Waals surface area contributed by atoms with Crippen molar-refractivity contribution in [1.82, 2.24) is 14.5 Å². The molecule has 2 rings (SSSR count). The predicted octanol–water partition coefficient (Wildman–Crippen LogP) is 2.68. The Morgan fingerprint density at radius 2 is 1.77 bits per heavy atom. The van der Waals surface area contributed by atoms with Gasteiger partial charge in [-0.1, -0.05) is 32.9 Å². The van der Waals surface area contributed by atoms with Crippen LogP contribution in [0.1, 0.15) is 39.0 Å². The van der Waals surface area contributed by atoms with Crippen LogP contribution >= 0.6 is 0 Å². The van der Waals surface area contributed by atoms with Crippen LogP contribution in [0.15, 0.2) is 41.4 Å². The lowest BCUT2D eigenvalue weighted by molar-refractivity contribution is 0.569. The molecule has 0 amide bonds. The second-order valence-corrected chi connectivity index (χ2v) is 8.00. The topological polar surface area (TPSA) is 64.0 Å². The van der Waals surface area contributed by atoms with Crippen molar-refractivity contribution < 1.29 is 8.42 Å². The third kappa shape index (κ3) is 3.75. The minimum atomic E-state index is -3.51. The van der Waals surface area contributed by atoms with Gasteiger partial charge in [0.2, 0.25) is 10.0 Å². The minimum absolute atomic E-state index is 0.00332. The van der Waals surface area contributed by atoms with E-state index in [9.17, 15) is 8.42 Å². The second kappa shape index (κ2) is 6.22. The molecule has 6 heteroatoms. The van der Waals surface area contributed by atoms with Gasteiger partial charge in [-0.15, -0.1) is 0 Å². The van der Waals surface area contributed by atoms with E-state index in [1.165, 1.54) is 0 Å². The largest absolute Gasteiger partial charge is 0.269 e. The number of benzene rings is 1. The monoisotopic (exact) mass is 321 g/mol. The van der Waals surface area contributed by atoms with Crippen molar-refractivity contribution in [3.05, 3.63) is 47.8 Å². The maximum absolute atomic E-state index is 12.3. The molecule has 0 atom stereocenters. The molecule has 5 nitrogen and oxygen atoms in total. The van der Waals surface area contributed by atoms with Gasteiger partial charge in [0.05, 0.1) is 17.1 Å². The van der Waals surface area contributed by atoms with E-state index in [1.807, 2.05) is 25.1 Å². The standard InChI is InChI=1S/C16H23N3O2S/c1-5-19-14(10-11-17-19)12-18-22(20,21)15-8-6-13(7-9-15)16(2,3)4/h6-11,18H,5,12H2,1-4H3. The molecule has 0 aliphatic carbocycles. The number of nitrogens with zero attached hydrogens (tertiary/aromatic N) is 2. The van der Waals surface area contributed by atoms with Gasteiger partial charge in [0.1, 0.15) is 0 Å². The molecule has 0 saturated carbocycles. The van der Waals surface area contributed by atoms with Crippen LogP contribution in [0.4, 0.5) is 0 Å². The molecule has 1 aromatic carbocycles. The van der Waals surface area contributed by atoms with Crippen LogP contribution in [-0.2, 0) is 28.5 Å². The Labute approximate surface area is 132 Å². The normalized spacial score (nSPS) is 12.5. The molecular weight excluding hydrogens is 298 g/mol. The molecular formula is C16H23N3O2S. The van der Waals surface area contributed by atoms with Gasteiger partial charge >= 0.3 is 0 Å². The summed E-state index contributed by atoms with van der Waals surface area (Å²) >= 11 is 0. The van der Waals surface area contributed by atoms with Crippen LogP contribution in [0.5, 0.6) is 0 Å². The fourth-order valence-electron chi connectivity index (χ4n) is 2.18. The first-order chi connectivity index (χ1) is 10.2. The van der Waals surface area contributed by atoms with E-state index in [4.69, 9.17) is 0 Å². The van der Waals surface area contributed by atoms with Crippen molar-refractivity contribution in [2.45, 2.75) is 51.1 Å². The second-order valence-electron chi connectivity index (χ2n) is 6.24. The Morgan fingerprint density at radius 3 is 2.32 bits per heavy atom. The van der Waals surface area contributed by atoms with Crippen molar-refractivity contribution in [1.29, 1.82) is 0 Å². The van der Waals surface area contributed by atoms with Gasteiger partial charge in [0.25, 0.3) is 0 Å². The van der Waals surface area contributed by atoms with Gasteiger partial charge < -0.3 is 0 Å². The van der Waals surface area contributed by atoms with Crippen molar-refractivity contribution in [3.8, 4) is 0 Å². The van der Waals surface area contributed by atoms with Crippen molar-refractivity contribution in [2.24, 2.45) is 0 Å². The Hall–Kier alpha value is -1.66. The van der Waals surface area contributed by atoms with E-state index in [2.05, 4.69) is 30.6 Å². The number of nitrogens with one attached hydrogen (secondary N) is 1. The zero-order chi connectivity index (χ0) is 16.4. The fraction of sp³-hybridized carbons (Fsp3) is 0.438. The van der Waals surface area contributed by atoms with Crippen LogP contribution in [-0.4, -0.2) is 18.2 Å². The summed E-state index contributed by atoms with van der Waals surface area (Å²) in [5.41, 5.74) is 1.96. The van der Waals surface area contributed by atoms with Crippen molar-refractivity contribution in [3.63, 3.8) is 0 Å². The fourth-order valence-corrected chi connectivity index (χ4v) is 3.18. The number of rotatable bonds is 5. The Balaban J connectivity index is 2.13. The highest BCUT2D eigenvalue weighted by Gasteiger charge is 2.17. The minimum Gasteiger partial charge on any atom is -0.269 e. The first-order valence-electron chi connectivity index (χ1n) is 7.35. The van der Waals surface area contributed by atoms with E-state index < -0.39 is 10.0 Å².